The summed E-state index contributed by atoms with van der Waals surface area (Å²) in [6, 6.07) is 4.56. The van der Waals surface area contributed by atoms with Crippen molar-refractivity contribution < 1.29 is 17.9 Å². The zero-order chi connectivity index (χ0) is 15.5. The summed E-state index contributed by atoms with van der Waals surface area (Å²) in [6.45, 7) is 1.32. The Hall–Kier alpha value is -1.57. The number of hydrogen-bond acceptors (Lipinski definition) is 5. The van der Waals surface area contributed by atoms with Crippen molar-refractivity contribution >= 4 is 15.7 Å². The summed E-state index contributed by atoms with van der Waals surface area (Å²) in [6.07, 6.45) is 2.57. The van der Waals surface area contributed by atoms with Gasteiger partial charge in [0.05, 0.1) is 13.7 Å². The lowest BCUT2D eigenvalue weighted by atomic mass is 10.1. The van der Waals surface area contributed by atoms with Gasteiger partial charge >= 0.3 is 0 Å². The molecule has 0 amide bonds. The van der Waals surface area contributed by atoms with Crippen LogP contribution in [0.1, 0.15) is 6.42 Å². The fourth-order valence-electron chi connectivity index (χ4n) is 2.26. The molecule has 0 aromatic heterocycles. The van der Waals surface area contributed by atoms with E-state index in [1.54, 1.807) is 13.2 Å². The zero-order valence-electron chi connectivity index (χ0n) is 12.2. The third-order valence-corrected chi connectivity index (χ3v) is 5.31. The molecule has 6 nitrogen and oxygen atoms in total. The Labute approximate surface area is 125 Å². The van der Waals surface area contributed by atoms with Crippen molar-refractivity contribution in [1.82, 2.24) is 4.31 Å². The average Bonchev–Trinajstić information content (AvgIpc) is 2.47. The number of ether oxygens (including phenoxy) is 2. The first kappa shape index (κ1) is 15.8. The molecular weight excluding hydrogens is 292 g/mol. The quantitative estimate of drug-likeness (QED) is 0.653. The largest absolute Gasteiger partial charge is 0.495 e. The highest BCUT2D eigenvalue weighted by Crippen LogP contribution is 2.30. The van der Waals surface area contributed by atoms with Crippen molar-refractivity contribution in [2.24, 2.45) is 0 Å². The molecule has 0 fully saturated rings. The van der Waals surface area contributed by atoms with Gasteiger partial charge in [-0.3, -0.25) is 0 Å². The Morgan fingerprint density at radius 3 is 2.67 bits per heavy atom. The molecular formula is C14H20N2O4S. The molecule has 1 heterocycles. The molecule has 0 bridgehead atoms. The second-order valence-corrected chi connectivity index (χ2v) is 6.73. The van der Waals surface area contributed by atoms with Gasteiger partial charge in [-0.05, 0) is 24.1 Å². The number of benzene rings is 1. The monoisotopic (exact) mass is 312 g/mol. The van der Waals surface area contributed by atoms with Crippen LogP contribution in [0.3, 0.4) is 0 Å². The second-order valence-electron chi connectivity index (χ2n) is 4.82. The van der Waals surface area contributed by atoms with Gasteiger partial charge < -0.3 is 15.2 Å². The first-order valence-corrected chi connectivity index (χ1v) is 8.03. The lowest BCUT2D eigenvalue weighted by Gasteiger charge is -2.26. The van der Waals surface area contributed by atoms with Crippen LogP contribution >= 0.6 is 0 Å². The maximum absolute atomic E-state index is 12.7. The Kier molecular flexibility index (Phi) is 4.87. The third kappa shape index (κ3) is 3.37. The number of hydrogen-bond donors (Lipinski definition) is 1. The van der Waals surface area contributed by atoms with Crippen LogP contribution in [0.15, 0.2) is 34.7 Å². The van der Waals surface area contributed by atoms with Gasteiger partial charge in [-0.2, -0.15) is 4.31 Å². The maximum atomic E-state index is 12.7. The van der Waals surface area contributed by atoms with Crippen molar-refractivity contribution in [3.63, 3.8) is 0 Å². The summed E-state index contributed by atoms with van der Waals surface area (Å²) in [5.74, 6) is 0.265. The van der Waals surface area contributed by atoms with Crippen molar-refractivity contribution in [1.29, 1.82) is 0 Å². The van der Waals surface area contributed by atoms with Crippen molar-refractivity contribution in [2.45, 2.75) is 11.3 Å². The van der Waals surface area contributed by atoms with Crippen LogP contribution < -0.4 is 10.5 Å². The highest BCUT2D eigenvalue weighted by atomic mass is 32.2. The van der Waals surface area contributed by atoms with E-state index in [4.69, 9.17) is 15.2 Å². The molecule has 0 saturated carbocycles. The van der Waals surface area contributed by atoms with Gasteiger partial charge in [-0.25, -0.2) is 8.42 Å². The number of nitrogens with zero attached hydrogens (tertiary/aromatic N) is 1. The number of nitrogen functional groups attached to an aromatic ring is 1. The third-order valence-electron chi connectivity index (χ3n) is 3.40. The molecule has 7 heteroatoms. The van der Waals surface area contributed by atoms with E-state index in [1.165, 1.54) is 23.5 Å². The van der Waals surface area contributed by atoms with Gasteiger partial charge in [0.15, 0.2) is 0 Å². The van der Waals surface area contributed by atoms with Crippen LogP contribution in [-0.2, 0) is 14.8 Å². The fraction of sp³-hybridized carbons (Fsp3) is 0.429. The topological polar surface area (TPSA) is 81.9 Å². The number of methoxy groups -OCH3 is 2. The van der Waals surface area contributed by atoms with E-state index >= 15 is 0 Å². The normalized spacial score (nSPS) is 16.6. The van der Waals surface area contributed by atoms with E-state index in [0.717, 1.165) is 5.57 Å². The number of rotatable bonds is 5. The number of anilines is 1. The van der Waals surface area contributed by atoms with E-state index in [2.05, 4.69) is 0 Å². The summed E-state index contributed by atoms with van der Waals surface area (Å²) in [7, 11) is -0.533. The fourth-order valence-corrected chi connectivity index (χ4v) is 3.78. The van der Waals surface area contributed by atoms with Crippen LogP contribution in [0.25, 0.3) is 0 Å². The minimum Gasteiger partial charge on any atom is -0.495 e. The van der Waals surface area contributed by atoms with E-state index < -0.39 is 10.0 Å². The molecule has 1 aromatic carbocycles. The van der Waals surface area contributed by atoms with Crippen LogP contribution in [0.4, 0.5) is 5.69 Å². The second kappa shape index (κ2) is 6.46. The first-order chi connectivity index (χ1) is 9.98. The van der Waals surface area contributed by atoms with E-state index in [-0.39, 0.29) is 10.6 Å². The summed E-state index contributed by atoms with van der Waals surface area (Å²) >= 11 is 0. The highest BCUT2D eigenvalue weighted by Gasteiger charge is 2.28. The van der Waals surface area contributed by atoms with Crippen molar-refractivity contribution in [3.8, 4) is 5.75 Å². The highest BCUT2D eigenvalue weighted by molar-refractivity contribution is 7.89. The lowest BCUT2D eigenvalue weighted by molar-refractivity contribution is 0.219. The number of nitrogens with two attached hydrogens (primary N) is 1. The molecule has 1 aromatic rings. The van der Waals surface area contributed by atoms with Crippen LogP contribution in [0.2, 0.25) is 0 Å². The van der Waals surface area contributed by atoms with Crippen LogP contribution in [0.5, 0.6) is 5.75 Å². The van der Waals surface area contributed by atoms with E-state index in [1.807, 2.05) is 6.08 Å². The van der Waals surface area contributed by atoms with Crippen LogP contribution in [-0.4, -0.2) is 46.6 Å². The Balaban J connectivity index is 2.28. The molecule has 0 unspecified atom stereocenters. The van der Waals surface area contributed by atoms with Crippen molar-refractivity contribution in [3.05, 3.63) is 29.8 Å². The maximum Gasteiger partial charge on any atom is 0.247 e. The first-order valence-electron chi connectivity index (χ1n) is 6.59. The average molecular weight is 312 g/mol. The smallest absolute Gasteiger partial charge is 0.247 e. The van der Waals surface area contributed by atoms with E-state index in [9.17, 15) is 8.42 Å². The molecule has 0 saturated heterocycles. The summed E-state index contributed by atoms with van der Waals surface area (Å²) in [4.78, 5) is 0.141. The van der Waals surface area contributed by atoms with Gasteiger partial charge in [-0.1, -0.05) is 6.08 Å². The molecule has 0 atom stereocenters. The zero-order valence-corrected chi connectivity index (χ0v) is 13.0. The molecule has 116 valence electrons. The van der Waals surface area contributed by atoms with Crippen molar-refractivity contribution in [2.75, 3.05) is 39.6 Å². The Morgan fingerprint density at radius 1 is 1.33 bits per heavy atom. The molecule has 0 spiro atoms. The minimum absolute atomic E-state index is 0.141. The van der Waals surface area contributed by atoms with Gasteiger partial charge in [-0.15, -0.1) is 0 Å². The summed E-state index contributed by atoms with van der Waals surface area (Å²) in [5, 5.41) is 0. The van der Waals surface area contributed by atoms with Gasteiger partial charge in [0.25, 0.3) is 0 Å². The Morgan fingerprint density at radius 2 is 2.10 bits per heavy atom. The van der Waals surface area contributed by atoms with E-state index in [0.29, 0.717) is 31.8 Å². The predicted molar refractivity (Wildman–Crippen MR) is 80.7 cm³/mol. The molecule has 0 radical (unpaired) electrons. The summed E-state index contributed by atoms with van der Waals surface area (Å²) < 4.78 is 37.0. The van der Waals surface area contributed by atoms with Gasteiger partial charge in [0.2, 0.25) is 10.0 Å². The summed E-state index contributed by atoms with van der Waals surface area (Å²) in [5.41, 5.74) is 7.25. The predicted octanol–water partition coefficient (Wildman–Crippen LogP) is 1.24. The minimum atomic E-state index is -3.59. The molecule has 2 N–H and O–H groups in total. The van der Waals surface area contributed by atoms with Crippen LogP contribution in [0, 0.1) is 0 Å². The number of sulfonamides is 1. The molecule has 1 aliphatic rings. The molecule has 0 aliphatic carbocycles. The molecule has 2 rings (SSSR count). The lowest BCUT2D eigenvalue weighted by Crippen LogP contribution is -2.35. The Bertz CT molecular complexity index is 640. The van der Waals surface area contributed by atoms with Gasteiger partial charge in [0, 0.05) is 32.0 Å². The molecule has 1 aliphatic heterocycles. The molecule has 21 heavy (non-hydrogen) atoms. The van der Waals surface area contributed by atoms with Gasteiger partial charge in [0.1, 0.15) is 10.6 Å². The standard InChI is InChI=1S/C14H20N2O4S/c1-19-10-11-5-7-16(8-6-11)21(17,18)14-4-3-12(15)9-13(14)20-2/h3-5,9H,6-8,10,15H2,1-2H3. The SMILES string of the molecule is COCC1=CCN(S(=O)(=O)c2ccc(N)cc2OC)CC1.